The van der Waals surface area contributed by atoms with Gasteiger partial charge in [0, 0.05) is 0 Å². The molecule has 30 atom stereocenters. The second-order valence-corrected chi connectivity index (χ2v) is 17.0. The summed E-state index contributed by atoms with van der Waals surface area (Å²) in [6, 6.07) is 0. The van der Waals surface area contributed by atoms with Crippen molar-refractivity contribution in [2.24, 2.45) is 0 Å². The molecule has 0 aliphatic carbocycles. The minimum absolute atomic E-state index is 0.863. The minimum Gasteiger partial charge on any atom is -0.394 e. The second-order valence-electron chi connectivity index (χ2n) is 17.0. The molecular weight excluding hydrogens is 912 g/mol. The van der Waals surface area contributed by atoms with Crippen molar-refractivity contribution in [2.45, 2.75) is 184 Å². The summed E-state index contributed by atoms with van der Waals surface area (Å²) in [6.45, 7) is -5.66. The van der Waals surface area contributed by atoms with Crippen LogP contribution in [-0.2, 0) is 66.6 Å². The van der Waals surface area contributed by atoms with E-state index in [1.807, 2.05) is 0 Å². The molecule has 0 unspecified atom stereocenters. The molecule has 16 N–H and O–H groups in total. The molecule has 17 saturated heterocycles. The van der Waals surface area contributed by atoms with Gasteiger partial charge in [-0.3, -0.25) is 0 Å². The van der Waals surface area contributed by atoms with Crippen molar-refractivity contribution in [1.29, 1.82) is 0 Å². The lowest BCUT2D eigenvalue weighted by Gasteiger charge is -2.50. The van der Waals surface area contributed by atoms with Gasteiger partial charge >= 0.3 is 0 Å². The zero-order chi connectivity index (χ0) is 47.5. The van der Waals surface area contributed by atoms with Gasteiger partial charge in [-0.25, -0.2) is 9.78 Å². The first-order chi connectivity index (χ1) is 31.6. The minimum atomic E-state index is -2.13. The summed E-state index contributed by atoms with van der Waals surface area (Å²) in [7, 11) is 0. The van der Waals surface area contributed by atoms with E-state index < -0.39 is 224 Å². The van der Waals surface area contributed by atoms with E-state index in [1.165, 1.54) is 0 Å². The fourth-order valence-electron chi connectivity index (χ4n) is 9.24. The third-order valence-electron chi connectivity index (χ3n) is 12.9. The van der Waals surface area contributed by atoms with Crippen LogP contribution in [0.25, 0.3) is 0 Å². The lowest BCUT2D eigenvalue weighted by molar-refractivity contribution is -0.423. The van der Waals surface area contributed by atoms with Crippen molar-refractivity contribution in [2.75, 3.05) is 39.6 Å². The maximum absolute atomic E-state index is 11.6. The number of ether oxygens (including phenoxy) is 12. The van der Waals surface area contributed by atoms with E-state index in [4.69, 9.17) is 66.6 Å². The molecule has 17 heterocycles. The Labute approximate surface area is 372 Å². The molecule has 17 aliphatic rings. The Hall–Kier alpha value is -1.20. The molecule has 0 aromatic rings. The predicted molar refractivity (Wildman–Crippen MR) is 194 cm³/mol. The zero-order valence-electron chi connectivity index (χ0n) is 34.4. The smallest absolute Gasteiger partial charge is 0.190 e. The van der Waals surface area contributed by atoms with Crippen LogP contribution >= 0.6 is 0 Å². The second kappa shape index (κ2) is 21.3. The molecule has 382 valence electrons. The van der Waals surface area contributed by atoms with Crippen LogP contribution in [0.15, 0.2) is 0 Å². The van der Waals surface area contributed by atoms with E-state index in [0.717, 1.165) is 0 Å². The number of aliphatic hydroxyl groups is 16. The molecular formula is C36H58O30. The van der Waals surface area contributed by atoms with Crippen molar-refractivity contribution in [3.05, 3.63) is 0 Å². The van der Waals surface area contributed by atoms with Gasteiger partial charge in [-0.05, 0) is 0 Å². The molecule has 0 aromatic heterocycles. The number of hydrogen-bond acceptors (Lipinski definition) is 30. The topological polar surface area (TPSA) is 453 Å². The van der Waals surface area contributed by atoms with Crippen molar-refractivity contribution in [3.63, 3.8) is 0 Å². The largest absolute Gasteiger partial charge is 0.394 e. The normalized spacial score (nSPS) is 56.0. The Kier molecular flexibility index (Phi) is 16.5. The zero-order valence-corrected chi connectivity index (χ0v) is 34.4. The molecule has 17 fully saturated rings. The maximum atomic E-state index is 11.6. The van der Waals surface area contributed by atoms with E-state index >= 15 is 0 Å². The van der Waals surface area contributed by atoms with Gasteiger partial charge in [-0.15, -0.1) is 0 Å². The van der Waals surface area contributed by atoms with Crippen molar-refractivity contribution in [3.8, 4) is 0 Å². The molecule has 0 saturated carbocycles. The first-order valence-corrected chi connectivity index (χ1v) is 21.2. The summed E-state index contributed by atoms with van der Waals surface area (Å²) in [5.41, 5.74) is 0. The molecule has 0 aromatic carbocycles. The Morgan fingerprint density at radius 3 is 0.727 bits per heavy atom. The van der Waals surface area contributed by atoms with Gasteiger partial charge in [-0.1, -0.05) is 0 Å². The van der Waals surface area contributed by atoms with Crippen LogP contribution in [0.3, 0.4) is 0 Å². The highest BCUT2D eigenvalue weighted by atomic mass is 17.2. The van der Waals surface area contributed by atoms with E-state index in [1.54, 1.807) is 0 Å². The first-order valence-electron chi connectivity index (χ1n) is 21.2. The molecule has 30 heteroatoms. The van der Waals surface area contributed by atoms with Crippen LogP contribution in [0.2, 0.25) is 0 Å². The molecule has 17 aliphatic heterocycles. The number of rotatable bonds is 6. The van der Waals surface area contributed by atoms with Crippen LogP contribution < -0.4 is 0 Å². The monoisotopic (exact) mass is 970 g/mol. The summed E-state index contributed by atoms with van der Waals surface area (Å²) in [5, 5.41) is 175. The van der Waals surface area contributed by atoms with Crippen LogP contribution in [0.4, 0.5) is 0 Å². The summed E-state index contributed by atoms with van der Waals surface area (Å²) in [6.07, 6.45) is -55.4. The third kappa shape index (κ3) is 9.39. The fourth-order valence-corrected chi connectivity index (χ4v) is 9.24. The average Bonchev–Trinajstić information content (AvgIpc) is 3.51. The maximum Gasteiger partial charge on any atom is 0.190 e. The van der Waals surface area contributed by atoms with E-state index in [2.05, 4.69) is 0 Å². The van der Waals surface area contributed by atoms with Crippen molar-refractivity contribution >= 4 is 0 Å². The SMILES string of the molecule is OC[C@H]1O[C@@H]2O[C@H]3[C@H](O)[C@@H](O)[C@@H](O[C@H]4[C@H](O)[C@H]5OO[C@@H]6[C@@H](O)[C@@H](O[C@H]7[C@H](O)[C@@H](O)[C@@H](O[C@H]8[C@H](O)[C@@H](O)[C@@H](O[C@H]1[C@H](O)[C@H]2O)O[C@@H]8CO)O[C@@H]7CO)O[C@H](CO)[C@H]6O[C@H]5O[C@@H]4CO)O[C@@H]3CO. The first kappa shape index (κ1) is 51.2. The van der Waals surface area contributed by atoms with Crippen LogP contribution in [0, 0.1) is 0 Å². The Bertz CT molecular complexity index is 1550. The van der Waals surface area contributed by atoms with Gasteiger partial charge < -0.3 is 139 Å². The predicted octanol–water partition coefficient (Wildman–Crippen LogP) is -12.1. The van der Waals surface area contributed by atoms with Gasteiger partial charge in [0.1, 0.15) is 134 Å². The van der Waals surface area contributed by atoms with Crippen LogP contribution in [-0.4, -0.2) is 306 Å². The van der Waals surface area contributed by atoms with E-state index in [9.17, 15) is 81.7 Å². The molecule has 66 heavy (non-hydrogen) atoms. The molecule has 0 spiro atoms. The molecule has 30 nitrogen and oxygen atoms in total. The molecule has 17 rings (SSSR count). The van der Waals surface area contributed by atoms with Gasteiger partial charge in [-0.2, -0.15) is 0 Å². The molecule has 0 amide bonds. The highest BCUT2D eigenvalue weighted by molar-refractivity contribution is 5.01. The fraction of sp³-hybridized carbons (Fsp3) is 1.00. The third-order valence-corrected chi connectivity index (χ3v) is 12.9. The lowest BCUT2D eigenvalue weighted by Crippen LogP contribution is -2.68. The average molecular weight is 971 g/mol. The molecule has 12 bridgehead atoms. The summed E-state index contributed by atoms with van der Waals surface area (Å²) in [4.78, 5) is 11.0. The Balaban J connectivity index is 1.11. The van der Waals surface area contributed by atoms with Crippen LogP contribution in [0.5, 0.6) is 0 Å². The highest BCUT2D eigenvalue weighted by Gasteiger charge is 2.60. The Morgan fingerprint density at radius 2 is 0.424 bits per heavy atom. The van der Waals surface area contributed by atoms with Gasteiger partial charge in [0.05, 0.1) is 39.6 Å². The van der Waals surface area contributed by atoms with Crippen molar-refractivity contribution < 1.29 is 148 Å². The van der Waals surface area contributed by atoms with Gasteiger partial charge in [0.2, 0.25) is 0 Å². The van der Waals surface area contributed by atoms with E-state index in [-0.39, 0.29) is 0 Å². The summed E-state index contributed by atoms with van der Waals surface area (Å²) >= 11 is 0. The van der Waals surface area contributed by atoms with Gasteiger partial charge in [0.15, 0.2) is 49.9 Å². The summed E-state index contributed by atoms with van der Waals surface area (Å²) < 4.78 is 69.2. The van der Waals surface area contributed by atoms with Crippen molar-refractivity contribution in [1.82, 2.24) is 0 Å². The number of aliphatic hydroxyl groups excluding tert-OH is 16. The van der Waals surface area contributed by atoms with Crippen LogP contribution in [0.1, 0.15) is 0 Å². The van der Waals surface area contributed by atoms with Gasteiger partial charge in [0.25, 0.3) is 0 Å². The standard InChI is InChI=1S/C36H58O30/c37-1-7-23-13(43)18(48)32(54-7)61-25-9(3-39)56-34(20(50)15(25)45)63-27-11(5-41)58-36-30(21(27)51)66-65-29-22(52)35(57-12(6-42)28(29)64-36)62-26-10(4-40)55-33(19(49)16(26)46)60-24-8(2-38)53-31(59-23)17(47)14(24)44/h7-52H,1-6H2/t7-,8-,9-,10-,11-,12-,13-,14-,15-,16-,17-,18-,19-,20-,21+,22-,23-,24-,25-,26-,27-,28-,29-,30-,31-,32-,33-,34-,35-,36-/m1/s1. The quantitative estimate of drug-likeness (QED) is 0.110. The molecule has 0 radical (unpaired) electrons. The Morgan fingerprint density at radius 1 is 0.197 bits per heavy atom. The van der Waals surface area contributed by atoms with E-state index in [0.29, 0.717) is 0 Å². The number of hydrogen-bond donors (Lipinski definition) is 16. The summed E-state index contributed by atoms with van der Waals surface area (Å²) in [5.74, 6) is 0. The lowest BCUT2D eigenvalue weighted by atomic mass is 9.95. The highest BCUT2D eigenvalue weighted by Crippen LogP contribution is 2.40.